The fourth-order valence-corrected chi connectivity index (χ4v) is 3.63. The van der Waals surface area contributed by atoms with E-state index in [1.54, 1.807) is 24.3 Å². The number of amides is 1. The molecule has 1 atom stereocenters. The highest BCUT2D eigenvalue weighted by molar-refractivity contribution is 6.30. The van der Waals surface area contributed by atoms with Gasteiger partial charge in [0.05, 0.1) is 17.8 Å². The van der Waals surface area contributed by atoms with Gasteiger partial charge >= 0.3 is 0 Å². The summed E-state index contributed by atoms with van der Waals surface area (Å²) in [6, 6.07) is 11.9. The summed E-state index contributed by atoms with van der Waals surface area (Å²) in [6.07, 6.45) is 0.142. The Bertz CT molecular complexity index is 1100. The Morgan fingerprint density at radius 3 is 2.69 bits per heavy atom. The predicted octanol–water partition coefficient (Wildman–Crippen LogP) is 3.35. The normalized spacial score (nSPS) is 15.1. The van der Waals surface area contributed by atoms with E-state index in [0.29, 0.717) is 28.9 Å². The molecular formula is C21H20ClN5O2. The van der Waals surface area contributed by atoms with Crippen LogP contribution in [-0.2, 0) is 4.79 Å². The summed E-state index contributed by atoms with van der Waals surface area (Å²) >= 11 is 6.06. The summed E-state index contributed by atoms with van der Waals surface area (Å²) in [4.78, 5) is 17.3. The van der Waals surface area contributed by atoms with Crippen molar-refractivity contribution >= 4 is 23.2 Å². The maximum absolute atomic E-state index is 12.4. The molecular weight excluding hydrogens is 390 g/mol. The van der Waals surface area contributed by atoms with E-state index in [4.69, 9.17) is 16.6 Å². The van der Waals surface area contributed by atoms with Crippen molar-refractivity contribution in [3.05, 3.63) is 70.3 Å². The molecule has 0 saturated carbocycles. The van der Waals surface area contributed by atoms with Crippen molar-refractivity contribution in [2.45, 2.75) is 26.3 Å². The van der Waals surface area contributed by atoms with Gasteiger partial charge in [-0.2, -0.15) is 0 Å². The van der Waals surface area contributed by atoms with Gasteiger partial charge in [0.15, 0.2) is 5.82 Å². The van der Waals surface area contributed by atoms with Crippen LogP contribution in [0, 0.1) is 6.92 Å². The lowest BCUT2D eigenvalue weighted by atomic mass is 10.00. The number of carbonyl (C=O) groups is 1. The van der Waals surface area contributed by atoms with Crippen LogP contribution in [0.2, 0.25) is 5.02 Å². The summed E-state index contributed by atoms with van der Waals surface area (Å²) in [7, 11) is 0. The molecule has 2 N–H and O–H groups in total. The lowest BCUT2D eigenvalue weighted by Gasteiger charge is -2.13. The number of aryl methyl sites for hydroxylation is 1. The first-order chi connectivity index (χ1) is 14.0. The van der Waals surface area contributed by atoms with Gasteiger partial charge in [-0.3, -0.25) is 14.4 Å². The van der Waals surface area contributed by atoms with Crippen molar-refractivity contribution in [3.63, 3.8) is 0 Å². The maximum atomic E-state index is 12.4. The first-order valence-corrected chi connectivity index (χ1v) is 9.72. The molecule has 1 aliphatic rings. The van der Waals surface area contributed by atoms with Crippen LogP contribution >= 0.6 is 11.6 Å². The van der Waals surface area contributed by atoms with Crippen molar-refractivity contribution in [1.82, 2.24) is 20.1 Å². The van der Waals surface area contributed by atoms with Crippen LogP contribution in [-0.4, -0.2) is 38.0 Å². The van der Waals surface area contributed by atoms with Crippen molar-refractivity contribution < 1.29 is 9.90 Å². The molecule has 29 heavy (non-hydrogen) atoms. The van der Waals surface area contributed by atoms with E-state index in [-0.39, 0.29) is 18.1 Å². The number of benzene rings is 2. The van der Waals surface area contributed by atoms with Gasteiger partial charge in [0.25, 0.3) is 0 Å². The fraction of sp³-hybridized carbons (Fsp3) is 0.238. The van der Waals surface area contributed by atoms with Crippen LogP contribution in [0.25, 0.3) is 5.69 Å². The Balaban J connectivity index is 1.95. The second-order valence-corrected chi connectivity index (χ2v) is 7.24. The number of aliphatic imine (C=N–C) groups is 1. The molecule has 8 heteroatoms. The Labute approximate surface area is 173 Å². The lowest BCUT2D eigenvalue weighted by Crippen LogP contribution is -2.25. The molecule has 1 amide bonds. The zero-order valence-corrected chi connectivity index (χ0v) is 16.8. The molecule has 0 fully saturated rings. The minimum absolute atomic E-state index is 0.113. The molecule has 1 aromatic heterocycles. The minimum atomic E-state index is -0.525. The van der Waals surface area contributed by atoms with Gasteiger partial charge in [-0.1, -0.05) is 23.7 Å². The van der Waals surface area contributed by atoms with E-state index in [0.717, 1.165) is 16.8 Å². The molecule has 0 aliphatic carbocycles. The number of nitrogens with zero attached hydrogens (tertiary/aromatic N) is 4. The van der Waals surface area contributed by atoms with Gasteiger partial charge in [-0.15, -0.1) is 10.2 Å². The van der Waals surface area contributed by atoms with Gasteiger partial charge in [0, 0.05) is 22.7 Å². The third-order valence-corrected chi connectivity index (χ3v) is 5.03. The number of phenols is 1. The second kappa shape index (κ2) is 7.67. The van der Waals surface area contributed by atoms with Crippen molar-refractivity contribution in [3.8, 4) is 11.4 Å². The number of hydrogen-bond donors (Lipinski definition) is 2. The Hall–Kier alpha value is -3.19. The van der Waals surface area contributed by atoms with Crippen LogP contribution in [0.1, 0.15) is 42.2 Å². The van der Waals surface area contributed by atoms with Gasteiger partial charge in [-0.05, 0) is 44.2 Å². The fourth-order valence-electron chi connectivity index (χ4n) is 3.50. The van der Waals surface area contributed by atoms with Crippen LogP contribution in [0.5, 0.6) is 5.75 Å². The predicted molar refractivity (Wildman–Crippen MR) is 111 cm³/mol. The van der Waals surface area contributed by atoms with Gasteiger partial charge in [-0.25, -0.2) is 0 Å². The number of phenolic OH excluding ortho intramolecular Hbond substituents is 1. The lowest BCUT2D eigenvalue weighted by molar-refractivity contribution is -0.121. The number of fused-ring (bicyclic) bond motifs is 3. The van der Waals surface area contributed by atoms with Crippen molar-refractivity contribution in [1.29, 1.82) is 0 Å². The van der Waals surface area contributed by atoms with Crippen molar-refractivity contribution in [2.75, 3.05) is 6.54 Å². The summed E-state index contributed by atoms with van der Waals surface area (Å²) < 4.78 is 1.89. The highest BCUT2D eigenvalue weighted by Gasteiger charge is 2.29. The van der Waals surface area contributed by atoms with Gasteiger partial charge < -0.3 is 10.4 Å². The molecule has 7 nitrogen and oxygen atoms in total. The minimum Gasteiger partial charge on any atom is -0.508 e. The molecule has 0 saturated heterocycles. The highest BCUT2D eigenvalue weighted by Crippen LogP contribution is 2.34. The van der Waals surface area contributed by atoms with E-state index in [2.05, 4.69) is 15.5 Å². The Kier molecular flexibility index (Phi) is 5.07. The molecule has 3 aromatic rings. The molecule has 0 bridgehead atoms. The first kappa shape index (κ1) is 19.1. The van der Waals surface area contributed by atoms with Crippen LogP contribution in [0.15, 0.2) is 47.5 Å². The third-order valence-electron chi connectivity index (χ3n) is 4.78. The molecule has 4 rings (SSSR count). The third kappa shape index (κ3) is 3.61. The number of aromatic hydroxyl groups is 1. The molecule has 0 spiro atoms. The van der Waals surface area contributed by atoms with Crippen LogP contribution in [0.3, 0.4) is 0 Å². The quantitative estimate of drug-likeness (QED) is 0.691. The van der Waals surface area contributed by atoms with E-state index < -0.39 is 6.04 Å². The first-order valence-electron chi connectivity index (χ1n) is 9.34. The van der Waals surface area contributed by atoms with E-state index in [9.17, 15) is 9.90 Å². The number of aromatic nitrogens is 3. The van der Waals surface area contributed by atoms with Crippen LogP contribution in [0.4, 0.5) is 0 Å². The average Bonchev–Trinajstić information content (AvgIpc) is 3.01. The highest BCUT2D eigenvalue weighted by atomic mass is 35.5. The summed E-state index contributed by atoms with van der Waals surface area (Å²) in [5, 5.41) is 22.1. The number of carbonyl (C=O) groups excluding carboxylic acids is 1. The topological polar surface area (TPSA) is 92.4 Å². The smallest absolute Gasteiger partial charge is 0.222 e. The average molecular weight is 410 g/mol. The van der Waals surface area contributed by atoms with Gasteiger partial charge in [0.2, 0.25) is 5.91 Å². The SMILES string of the molecule is CCNC(=O)CC1N=C(c2ccc(Cl)cc2)c2cc(O)ccc2-n2c(C)nnc21. The zero-order valence-electron chi connectivity index (χ0n) is 16.1. The molecule has 148 valence electrons. The second-order valence-electron chi connectivity index (χ2n) is 6.80. The standard InChI is InChI=1S/C21H20ClN5O2/c1-3-23-19(29)11-17-21-26-25-12(2)27(21)18-9-8-15(28)10-16(18)20(24-17)13-4-6-14(22)7-5-13/h4-10,17,28H,3,11H2,1-2H3,(H,23,29). The maximum Gasteiger partial charge on any atom is 0.222 e. The molecule has 0 radical (unpaired) electrons. The zero-order chi connectivity index (χ0) is 20.5. The number of rotatable bonds is 4. The summed E-state index contributed by atoms with van der Waals surface area (Å²) in [5.74, 6) is 1.28. The largest absolute Gasteiger partial charge is 0.508 e. The number of nitrogens with one attached hydrogen (secondary N) is 1. The van der Waals surface area contributed by atoms with E-state index in [1.165, 1.54) is 0 Å². The van der Waals surface area contributed by atoms with E-state index >= 15 is 0 Å². The Morgan fingerprint density at radius 1 is 1.21 bits per heavy atom. The van der Waals surface area contributed by atoms with Crippen LogP contribution < -0.4 is 5.32 Å². The molecule has 2 aromatic carbocycles. The summed E-state index contributed by atoms with van der Waals surface area (Å²) in [5.41, 5.74) is 3.02. The van der Waals surface area contributed by atoms with Gasteiger partial charge in [0.1, 0.15) is 17.6 Å². The van der Waals surface area contributed by atoms with Crippen molar-refractivity contribution in [2.24, 2.45) is 4.99 Å². The number of hydrogen-bond acceptors (Lipinski definition) is 5. The van der Waals surface area contributed by atoms with E-state index in [1.807, 2.05) is 36.6 Å². The molecule has 2 heterocycles. The monoisotopic (exact) mass is 409 g/mol. The Morgan fingerprint density at radius 2 is 1.97 bits per heavy atom. The molecule has 1 aliphatic heterocycles. The number of halogens is 1. The molecule has 1 unspecified atom stereocenters. The summed E-state index contributed by atoms with van der Waals surface area (Å²) in [6.45, 7) is 4.27.